The van der Waals surface area contributed by atoms with Gasteiger partial charge in [-0.15, -0.1) is 11.3 Å². The number of rotatable bonds is 4. The van der Waals surface area contributed by atoms with Gasteiger partial charge >= 0.3 is 0 Å². The Kier molecular flexibility index (Phi) is 4.05. The SMILES string of the molecule is CS[C@@H]1CCC[C@@H]1N(C)Cc1cscn1. The number of nitrogens with zero attached hydrogens (tertiary/aromatic N) is 2. The zero-order valence-corrected chi connectivity index (χ0v) is 11.0. The summed E-state index contributed by atoms with van der Waals surface area (Å²) < 4.78 is 0. The Morgan fingerprint density at radius 3 is 3.13 bits per heavy atom. The lowest BCUT2D eigenvalue weighted by molar-refractivity contribution is 0.239. The molecule has 0 bridgehead atoms. The van der Waals surface area contributed by atoms with E-state index in [0.717, 1.165) is 17.8 Å². The first-order valence-electron chi connectivity index (χ1n) is 5.41. The van der Waals surface area contributed by atoms with Crippen LogP contribution in [0.1, 0.15) is 25.0 Å². The molecule has 1 aliphatic rings. The van der Waals surface area contributed by atoms with Gasteiger partial charge in [-0.25, -0.2) is 4.98 Å². The van der Waals surface area contributed by atoms with Gasteiger partial charge < -0.3 is 0 Å². The minimum Gasteiger partial charge on any atom is -0.296 e. The third-order valence-electron chi connectivity index (χ3n) is 3.18. The predicted molar refractivity (Wildman–Crippen MR) is 68.5 cm³/mol. The summed E-state index contributed by atoms with van der Waals surface area (Å²) in [6.07, 6.45) is 6.36. The Balaban J connectivity index is 1.92. The number of thiazole rings is 1. The summed E-state index contributed by atoms with van der Waals surface area (Å²) in [5, 5.41) is 2.98. The number of hydrogen-bond donors (Lipinski definition) is 0. The molecule has 2 atom stereocenters. The summed E-state index contributed by atoms with van der Waals surface area (Å²) in [4.78, 5) is 6.82. The van der Waals surface area contributed by atoms with Crippen LogP contribution in [0.25, 0.3) is 0 Å². The number of aromatic nitrogens is 1. The van der Waals surface area contributed by atoms with Gasteiger partial charge in [0.25, 0.3) is 0 Å². The summed E-state index contributed by atoms with van der Waals surface area (Å²) in [5.41, 5.74) is 3.14. The number of thioether (sulfide) groups is 1. The monoisotopic (exact) mass is 242 g/mol. The first-order valence-corrected chi connectivity index (χ1v) is 7.64. The Labute approximate surface area is 100 Å². The average molecular weight is 242 g/mol. The molecule has 2 rings (SSSR count). The fourth-order valence-corrected chi connectivity index (χ4v) is 3.98. The number of hydrogen-bond acceptors (Lipinski definition) is 4. The van der Waals surface area contributed by atoms with E-state index in [1.54, 1.807) is 11.3 Å². The summed E-state index contributed by atoms with van der Waals surface area (Å²) in [6, 6.07) is 0.752. The first kappa shape index (κ1) is 11.4. The van der Waals surface area contributed by atoms with E-state index in [2.05, 4.69) is 28.6 Å². The van der Waals surface area contributed by atoms with Crippen molar-refractivity contribution in [3.8, 4) is 0 Å². The molecular weight excluding hydrogens is 224 g/mol. The lowest BCUT2D eigenvalue weighted by Gasteiger charge is -2.28. The van der Waals surface area contributed by atoms with Crippen molar-refractivity contribution in [3.63, 3.8) is 0 Å². The maximum atomic E-state index is 4.35. The fraction of sp³-hybridized carbons (Fsp3) is 0.727. The fourth-order valence-electron chi connectivity index (χ4n) is 2.37. The summed E-state index contributed by atoms with van der Waals surface area (Å²) in [6.45, 7) is 1.01. The molecule has 1 saturated carbocycles. The van der Waals surface area contributed by atoms with E-state index in [4.69, 9.17) is 0 Å². The second-order valence-electron chi connectivity index (χ2n) is 4.17. The van der Waals surface area contributed by atoms with E-state index in [1.807, 2.05) is 17.3 Å². The second-order valence-corrected chi connectivity index (χ2v) is 5.96. The summed E-state index contributed by atoms with van der Waals surface area (Å²) in [5.74, 6) is 0. The van der Waals surface area contributed by atoms with Crippen LogP contribution in [0.3, 0.4) is 0 Å². The molecule has 0 unspecified atom stereocenters. The quantitative estimate of drug-likeness (QED) is 0.807. The molecule has 0 N–H and O–H groups in total. The Bertz CT molecular complexity index is 287. The van der Waals surface area contributed by atoms with E-state index in [1.165, 1.54) is 25.0 Å². The highest BCUT2D eigenvalue weighted by Crippen LogP contribution is 2.32. The van der Waals surface area contributed by atoms with E-state index >= 15 is 0 Å². The van der Waals surface area contributed by atoms with Crippen LogP contribution in [0.4, 0.5) is 0 Å². The van der Waals surface area contributed by atoms with Gasteiger partial charge in [-0.3, -0.25) is 4.90 Å². The first-order chi connectivity index (χ1) is 7.31. The van der Waals surface area contributed by atoms with Crippen molar-refractivity contribution in [2.24, 2.45) is 0 Å². The molecule has 1 aromatic heterocycles. The van der Waals surface area contributed by atoms with Gasteiger partial charge in [0.2, 0.25) is 0 Å². The standard InChI is InChI=1S/C11H18N2S2/c1-13(6-9-7-15-8-12-9)10-4-3-5-11(10)14-2/h7-8,10-11H,3-6H2,1-2H3/t10-,11+/m0/s1. The lowest BCUT2D eigenvalue weighted by atomic mass is 10.2. The third kappa shape index (κ3) is 2.74. The zero-order chi connectivity index (χ0) is 10.7. The Morgan fingerprint density at radius 1 is 1.60 bits per heavy atom. The van der Waals surface area contributed by atoms with Crippen molar-refractivity contribution in [2.75, 3.05) is 13.3 Å². The summed E-state index contributed by atoms with van der Waals surface area (Å²) >= 11 is 3.71. The largest absolute Gasteiger partial charge is 0.296 e. The van der Waals surface area contributed by atoms with E-state index in [-0.39, 0.29) is 0 Å². The molecule has 0 spiro atoms. The van der Waals surface area contributed by atoms with Crippen molar-refractivity contribution in [1.29, 1.82) is 0 Å². The van der Waals surface area contributed by atoms with Gasteiger partial charge in [-0.05, 0) is 26.1 Å². The van der Waals surface area contributed by atoms with Crippen molar-refractivity contribution in [2.45, 2.75) is 37.1 Å². The minimum atomic E-state index is 0.752. The molecule has 0 radical (unpaired) electrons. The van der Waals surface area contributed by atoms with Gasteiger partial charge in [-0.1, -0.05) is 6.42 Å². The second kappa shape index (κ2) is 5.32. The Morgan fingerprint density at radius 2 is 2.47 bits per heavy atom. The van der Waals surface area contributed by atoms with Crippen LogP contribution < -0.4 is 0 Å². The van der Waals surface area contributed by atoms with Gasteiger partial charge in [0.1, 0.15) is 0 Å². The molecule has 0 aliphatic heterocycles. The molecular formula is C11H18N2S2. The smallest absolute Gasteiger partial charge is 0.0795 e. The van der Waals surface area contributed by atoms with E-state index < -0.39 is 0 Å². The van der Waals surface area contributed by atoms with Crippen LogP contribution in [0, 0.1) is 0 Å². The van der Waals surface area contributed by atoms with Crippen molar-refractivity contribution < 1.29 is 0 Å². The third-order valence-corrected chi connectivity index (χ3v) is 4.97. The molecule has 1 aliphatic carbocycles. The van der Waals surface area contributed by atoms with Crippen molar-refractivity contribution in [3.05, 3.63) is 16.6 Å². The van der Waals surface area contributed by atoms with Crippen molar-refractivity contribution >= 4 is 23.1 Å². The highest BCUT2D eigenvalue weighted by Gasteiger charge is 2.29. The normalized spacial score (nSPS) is 26.3. The van der Waals surface area contributed by atoms with Crippen LogP contribution in [-0.2, 0) is 6.54 Å². The molecule has 0 amide bonds. The van der Waals surface area contributed by atoms with Gasteiger partial charge in [0, 0.05) is 23.2 Å². The molecule has 84 valence electrons. The molecule has 4 heteroatoms. The minimum absolute atomic E-state index is 0.752. The van der Waals surface area contributed by atoms with E-state index in [9.17, 15) is 0 Å². The lowest BCUT2D eigenvalue weighted by Crippen LogP contribution is -2.35. The van der Waals surface area contributed by atoms with Crippen molar-refractivity contribution in [1.82, 2.24) is 9.88 Å². The summed E-state index contributed by atoms with van der Waals surface area (Å²) in [7, 11) is 2.23. The van der Waals surface area contributed by atoms with Crippen LogP contribution in [0.2, 0.25) is 0 Å². The molecule has 15 heavy (non-hydrogen) atoms. The van der Waals surface area contributed by atoms with Gasteiger partial charge in [0.15, 0.2) is 0 Å². The Hall–Kier alpha value is -0.0600. The topological polar surface area (TPSA) is 16.1 Å². The van der Waals surface area contributed by atoms with Gasteiger partial charge in [-0.2, -0.15) is 11.8 Å². The molecule has 0 saturated heterocycles. The van der Waals surface area contributed by atoms with Crippen LogP contribution in [0.5, 0.6) is 0 Å². The average Bonchev–Trinajstić information content (AvgIpc) is 2.86. The predicted octanol–water partition coefficient (Wildman–Crippen LogP) is 2.86. The molecule has 2 nitrogen and oxygen atoms in total. The molecule has 1 heterocycles. The zero-order valence-electron chi connectivity index (χ0n) is 9.35. The highest BCUT2D eigenvalue weighted by atomic mass is 32.2. The molecule has 1 fully saturated rings. The van der Waals surface area contributed by atoms with Crippen LogP contribution in [-0.4, -0.2) is 34.5 Å². The van der Waals surface area contributed by atoms with Gasteiger partial charge in [0.05, 0.1) is 11.2 Å². The molecule has 0 aromatic carbocycles. The van der Waals surface area contributed by atoms with Crippen LogP contribution >= 0.6 is 23.1 Å². The van der Waals surface area contributed by atoms with E-state index in [0.29, 0.717) is 0 Å². The maximum absolute atomic E-state index is 4.35. The van der Waals surface area contributed by atoms with Crippen LogP contribution in [0.15, 0.2) is 10.9 Å². The maximum Gasteiger partial charge on any atom is 0.0795 e. The highest BCUT2D eigenvalue weighted by molar-refractivity contribution is 7.99. The molecule has 1 aromatic rings.